The van der Waals surface area contributed by atoms with Gasteiger partial charge in [0, 0.05) is 17.4 Å². The molecule has 5 heteroatoms. The maximum Gasteiger partial charge on any atom is 0.253 e. The minimum Gasteiger partial charge on any atom is -0.386 e. The lowest BCUT2D eigenvalue weighted by molar-refractivity contribution is 0.0851. The zero-order valence-corrected chi connectivity index (χ0v) is 14.2. The molecule has 24 heavy (non-hydrogen) atoms. The van der Waals surface area contributed by atoms with Crippen LogP contribution in [0.3, 0.4) is 0 Å². The van der Waals surface area contributed by atoms with Gasteiger partial charge in [0.1, 0.15) is 5.82 Å². The minimum absolute atomic E-state index is 0.191. The van der Waals surface area contributed by atoms with Gasteiger partial charge in [-0.15, -0.1) is 0 Å². The summed E-state index contributed by atoms with van der Waals surface area (Å²) in [6, 6.07) is 7.61. The molecule has 4 nitrogen and oxygen atoms in total. The second-order valence-corrected chi connectivity index (χ2v) is 6.64. The highest BCUT2D eigenvalue weighted by Gasteiger charge is 2.29. The molecule has 0 spiro atoms. The van der Waals surface area contributed by atoms with Crippen LogP contribution in [0.1, 0.15) is 59.2 Å². The molecule has 2 unspecified atom stereocenters. The van der Waals surface area contributed by atoms with E-state index >= 15 is 0 Å². The van der Waals surface area contributed by atoms with E-state index in [1.54, 1.807) is 6.92 Å². The maximum atomic E-state index is 13.0. The number of amides is 1. The summed E-state index contributed by atoms with van der Waals surface area (Å²) < 4.78 is 15.2. The van der Waals surface area contributed by atoms with E-state index in [1.807, 2.05) is 19.9 Å². The summed E-state index contributed by atoms with van der Waals surface area (Å²) in [5.41, 5.74) is 3.29. The third kappa shape index (κ3) is 3.22. The Morgan fingerprint density at radius 3 is 2.50 bits per heavy atom. The van der Waals surface area contributed by atoms with Crippen LogP contribution < -0.4 is 5.32 Å². The van der Waals surface area contributed by atoms with Crippen LogP contribution in [-0.2, 0) is 0 Å². The number of aliphatic hydroxyl groups is 1. The molecule has 1 aliphatic rings. The average Bonchev–Trinajstić information content (AvgIpc) is 3.32. The first-order chi connectivity index (χ1) is 11.4. The summed E-state index contributed by atoms with van der Waals surface area (Å²) in [4.78, 5) is 12.6. The fraction of sp³-hybridized carbons (Fsp3) is 0.421. The number of nitrogens with one attached hydrogen (secondary N) is 1. The van der Waals surface area contributed by atoms with Crippen LogP contribution in [0.2, 0.25) is 0 Å². The number of aliphatic hydroxyl groups excluding tert-OH is 1. The van der Waals surface area contributed by atoms with Gasteiger partial charge in [-0.1, -0.05) is 12.1 Å². The molecule has 2 aromatic rings. The summed E-state index contributed by atoms with van der Waals surface area (Å²) in [6.45, 7) is 5.71. The highest BCUT2D eigenvalue weighted by Crippen LogP contribution is 2.38. The van der Waals surface area contributed by atoms with E-state index in [4.69, 9.17) is 0 Å². The maximum absolute atomic E-state index is 13.0. The zero-order valence-electron chi connectivity index (χ0n) is 14.2. The van der Waals surface area contributed by atoms with Crippen LogP contribution in [0.5, 0.6) is 0 Å². The molecule has 1 heterocycles. The van der Waals surface area contributed by atoms with Crippen molar-refractivity contribution in [2.45, 2.75) is 51.8 Å². The number of carbonyl (C=O) groups excluding carboxylic acids is 1. The molecular formula is C19H23FN2O2. The number of aromatic nitrogens is 1. The molecule has 0 radical (unpaired) electrons. The van der Waals surface area contributed by atoms with Gasteiger partial charge in [-0.3, -0.25) is 4.79 Å². The highest BCUT2D eigenvalue weighted by molar-refractivity contribution is 5.96. The Hall–Kier alpha value is -2.14. The van der Waals surface area contributed by atoms with Crippen LogP contribution in [0, 0.1) is 19.7 Å². The van der Waals surface area contributed by atoms with Crippen LogP contribution in [0.25, 0.3) is 0 Å². The molecule has 0 aliphatic heterocycles. The molecule has 1 aromatic carbocycles. The Balaban J connectivity index is 1.72. The Kier molecular flexibility index (Phi) is 4.45. The van der Waals surface area contributed by atoms with Crippen molar-refractivity contribution in [2.24, 2.45) is 0 Å². The lowest BCUT2D eigenvalue weighted by atomic mass is 10.0. The van der Waals surface area contributed by atoms with Gasteiger partial charge < -0.3 is 15.0 Å². The Bertz CT molecular complexity index is 747. The van der Waals surface area contributed by atoms with Crippen molar-refractivity contribution in [1.29, 1.82) is 0 Å². The van der Waals surface area contributed by atoms with Crippen molar-refractivity contribution in [3.05, 3.63) is 58.7 Å². The summed E-state index contributed by atoms with van der Waals surface area (Å²) in [6.07, 6.45) is 1.44. The van der Waals surface area contributed by atoms with Crippen LogP contribution in [0.4, 0.5) is 4.39 Å². The molecule has 0 bridgehead atoms. The molecule has 1 saturated carbocycles. The SMILES string of the molecule is Cc1cc(C(=O)NC(C)C(O)c2ccc(F)cc2)c(C)n1C1CC1. The van der Waals surface area contributed by atoms with Gasteiger partial charge >= 0.3 is 0 Å². The van der Waals surface area contributed by atoms with Crippen molar-refractivity contribution >= 4 is 5.91 Å². The molecule has 2 N–H and O–H groups in total. The topological polar surface area (TPSA) is 54.3 Å². The summed E-state index contributed by atoms with van der Waals surface area (Å²) in [5, 5.41) is 13.2. The van der Waals surface area contributed by atoms with Crippen LogP contribution >= 0.6 is 0 Å². The number of hydrogen-bond donors (Lipinski definition) is 2. The summed E-state index contributed by atoms with van der Waals surface area (Å²) in [5.74, 6) is -0.543. The fourth-order valence-electron chi connectivity index (χ4n) is 3.21. The van der Waals surface area contributed by atoms with Gasteiger partial charge in [0.15, 0.2) is 0 Å². The molecule has 0 saturated heterocycles. The van der Waals surface area contributed by atoms with Crippen molar-refractivity contribution in [2.75, 3.05) is 0 Å². The Morgan fingerprint density at radius 2 is 1.92 bits per heavy atom. The van der Waals surface area contributed by atoms with Gasteiger partial charge in [0.05, 0.1) is 17.7 Å². The number of benzene rings is 1. The molecule has 1 aromatic heterocycles. The van der Waals surface area contributed by atoms with Crippen molar-refractivity contribution in [1.82, 2.24) is 9.88 Å². The number of rotatable bonds is 5. The first-order valence-electron chi connectivity index (χ1n) is 8.31. The predicted octanol–water partition coefficient (Wildman–Crippen LogP) is 3.43. The molecular weight excluding hydrogens is 307 g/mol. The average molecular weight is 330 g/mol. The first-order valence-corrected chi connectivity index (χ1v) is 8.31. The van der Waals surface area contributed by atoms with Crippen LogP contribution in [-0.4, -0.2) is 21.6 Å². The van der Waals surface area contributed by atoms with Crippen LogP contribution in [0.15, 0.2) is 30.3 Å². The second kappa shape index (κ2) is 6.40. The largest absolute Gasteiger partial charge is 0.386 e. The van der Waals surface area contributed by atoms with E-state index < -0.39 is 12.1 Å². The van der Waals surface area contributed by atoms with Crippen molar-refractivity contribution in [3.63, 3.8) is 0 Å². The monoisotopic (exact) mass is 330 g/mol. The fourth-order valence-corrected chi connectivity index (χ4v) is 3.21. The van der Waals surface area contributed by atoms with Gasteiger partial charge in [-0.05, 0) is 57.4 Å². The third-order valence-corrected chi connectivity index (χ3v) is 4.68. The zero-order chi connectivity index (χ0) is 17.4. The first kappa shape index (κ1) is 16.7. The molecule has 1 fully saturated rings. The lowest BCUT2D eigenvalue weighted by Gasteiger charge is -2.20. The highest BCUT2D eigenvalue weighted by atomic mass is 19.1. The van der Waals surface area contributed by atoms with Gasteiger partial charge in [0.25, 0.3) is 5.91 Å². The Labute approximate surface area is 141 Å². The van der Waals surface area contributed by atoms with E-state index in [-0.39, 0.29) is 11.7 Å². The summed E-state index contributed by atoms with van der Waals surface area (Å²) >= 11 is 0. The standard InChI is InChI=1S/C19H23FN2O2/c1-11-10-17(13(3)22(11)16-8-9-16)19(24)21-12(2)18(23)14-4-6-15(20)7-5-14/h4-7,10,12,16,18,23H,8-9H2,1-3H3,(H,21,24). The van der Waals surface area contributed by atoms with Crippen molar-refractivity contribution < 1.29 is 14.3 Å². The molecule has 2 atom stereocenters. The lowest BCUT2D eigenvalue weighted by Crippen LogP contribution is -2.37. The second-order valence-electron chi connectivity index (χ2n) is 6.64. The number of nitrogens with zero attached hydrogens (tertiary/aromatic N) is 1. The van der Waals surface area contributed by atoms with E-state index in [0.717, 1.165) is 24.2 Å². The molecule has 3 rings (SSSR count). The van der Waals surface area contributed by atoms with Gasteiger partial charge in [-0.25, -0.2) is 4.39 Å². The number of hydrogen-bond acceptors (Lipinski definition) is 2. The van der Waals surface area contributed by atoms with E-state index in [9.17, 15) is 14.3 Å². The molecule has 1 aliphatic carbocycles. The summed E-state index contributed by atoms with van der Waals surface area (Å²) in [7, 11) is 0. The van der Waals surface area contributed by atoms with Crippen molar-refractivity contribution in [3.8, 4) is 0 Å². The quantitative estimate of drug-likeness (QED) is 0.882. The Morgan fingerprint density at radius 1 is 1.29 bits per heavy atom. The molecule has 1 amide bonds. The number of carbonyl (C=O) groups is 1. The van der Waals surface area contributed by atoms with E-state index in [0.29, 0.717) is 17.2 Å². The van der Waals surface area contributed by atoms with Gasteiger partial charge in [0.2, 0.25) is 0 Å². The predicted molar refractivity (Wildman–Crippen MR) is 90.5 cm³/mol. The number of aryl methyl sites for hydroxylation is 1. The van der Waals surface area contributed by atoms with Gasteiger partial charge in [-0.2, -0.15) is 0 Å². The number of halogens is 1. The van der Waals surface area contributed by atoms with E-state index in [2.05, 4.69) is 9.88 Å². The minimum atomic E-state index is -0.888. The normalized spacial score (nSPS) is 16.7. The van der Waals surface area contributed by atoms with E-state index in [1.165, 1.54) is 24.3 Å². The molecule has 128 valence electrons. The smallest absolute Gasteiger partial charge is 0.253 e. The third-order valence-electron chi connectivity index (χ3n) is 4.68.